The molecule has 0 unspecified atom stereocenters. The van der Waals surface area contributed by atoms with Crippen molar-refractivity contribution in [1.82, 2.24) is 9.88 Å². The number of amides is 1. The van der Waals surface area contributed by atoms with Gasteiger partial charge in [0.15, 0.2) is 0 Å². The lowest BCUT2D eigenvalue weighted by Gasteiger charge is -2.17. The van der Waals surface area contributed by atoms with Gasteiger partial charge in [0, 0.05) is 22.6 Å². The molecule has 26 heavy (non-hydrogen) atoms. The molecule has 0 aliphatic carbocycles. The Morgan fingerprint density at radius 1 is 1.31 bits per heavy atom. The van der Waals surface area contributed by atoms with E-state index in [1.54, 1.807) is 30.3 Å². The molecule has 1 amide bonds. The third-order valence-electron chi connectivity index (χ3n) is 4.12. The van der Waals surface area contributed by atoms with Crippen LogP contribution in [0.2, 0.25) is 0 Å². The smallest absolute Gasteiger partial charge is 0.340 e. The number of benzene rings is 1. The third kappa shape index (κ3) is 3.60. The summed E-state index contributed by atoms with van der Waals surface area (Å²) < 4.78 is 5.80. The molecule has 0 fully saturated rings. The largest absolute Gasteiger partial charge is 0.465 e. The lowest BCUT2D eigenvalue weighted by molar-refractivity contribution is -0.136. The highest BCUT2D eigenvalue weighted by molar-refractivity contribution is 9.10. The quantitative estimate of drug-likeness (QED) is 0.567. The van der Waals surface area contributed by atoms with E-state index in [2.05, 4.69) is 20.9 Å². The molecule has 5 nitrogen and oxygen atoms in total. The van der Waals surface area contributed by atoms with Gasteiger partial charge in [0.05, 0.1) is 24.8 Å². The summed E-state index contributed by atoms with van der Waals surface area (Å²) in [5.41, 5.74) is 2.90. The highest BCUT2D eigenvalue weighted by Crippen LogP contribution is 2.33. The summed E-state index contributed by atoms with van der Waals surface area (Å²) in [6.07, 6.45) is 5.09. The first-order valence-electron chi connectivity index (χ1n) is 7.99. The molecule has 3 rings (SSSR count). The minimum Gasteiger partial charge on any atom is -0.465 e. The number of esters is 1. The zero-order valence-electron chi connectivity index (χ0n) is 14.4. The molecule has 6 heteroatoms. The van der Waals surface area contributed by atoms with Crippen molar-refractivity contribution in [3.8, 4) is 0 Å². The van der Waals surface area contributed by atoms with Gasteiger partial charge in [0.2, 0.25) is 0 Å². The van der Waals surface area contributed by atoms with E-state index in [1.807, 2.05) is 36.4 Å². The van der Waals surface area contributed by atoms with Crippen molar-refractivity contribution >= 4 is 33.9 Å². The van der Waals surface area contributed by atoms with E-state index in [0.717, 1.165) is 15.6 Å². The topological polar surface area (TPSA) is 59.5 Å². The zero-order chi connectivity index (χ0) is 18.7. The lowest BCUT2D eigenvalue weighted by Crippen LogP contribution is -2.24. The van der Waals surface area contributed by atoms with Gasteiger partial charge in [0.1, 0.15) is 0 Å². The number of ether oxygens (including phenoxy) is 1. The van der Waals surface area contributed by atoms with E-state index in [-0.39, 0.29) is 5.91 Å². The van der Waals surface area contributed by atoms with Gasteiger partial charge in [-0.05, 0) is 42.3 Å². The first-order chi connectivity index (χ1) is 12.5. The maximum atomic E-state index is 13.0. The number of aromatic nitrogens is 1. The van der Waals surface area contributed by atoms with Gasteiger partial charge < -0.3 is 9.64 Å². The van der Waals surface area contributed by atoms with Gasteiger partial charge >= 0.3 is 5.97 Å². The number of carbonyl (C=O) groups excluding carboxylic acids is 2. The molecule has 0 N–H and O–H groups in total. The molecule has 132 valence electrons. The summed E-state index contributed by atoms with van der Waals surface area (Å²) in [6, 6.07) is 11.2. The van der Waals surface area contributed by atoms with Gasteiger partial charge in [-0.1, -0.05) is 34.1 Å². The van der Waals surface area contributed by atoms with E-state index < -0.39 is 5.97 Å². The Hall–Kier alpha value is -2.73. The summed E-state index contributed by atoms with van der Waals surface area (Å²) >= 11 is 3.42. The average Bonchev–Trinajstić information content (AvgIpc) is 2.86. The molecule has 0 spiro atoms. The van der Waals surface area contributed by atoms with Gasteiger partial charge in [-0.15, -0.1) is 0 Å². The fraction of sp³-hybridized carbons (Fsp3) is 0.150. The second-order valence-electron chi connectivity index (χ2n) is 5.82. The summed E-state index contributed by atoms with van der Waals surface area (Å²) in [5, 5.41) is 0. The van der Waals surface area contributed by atoms with Crippen LogP contribution in [0.5, 0.6) is 0 Å². The van der Waals surface area contributed by atoms with Gasteiger partial charge in [0.25, 0.3) is 5.91 Å². The second-order valence-corrected chi connectivity index (χ2v) is 6.73. The van der Waals surface area contributed by atoms with Crippen LogP contribution in [0.4, 0.5) is 0 Å². The maximum absolute atomic E-state index is 13.0. The monoisotopic (exact) mass is 412 g/mol. The average molecular weight is 413 g/mol. The standard InChI is InChI=1S/C20H17BrN2O3/c1-13-18(20(25)26-2)17(10-14-5-3-7-16(21)9-14)19(24)23(13)12-15-6-4-8-22-11-15/h3-11H,12H2,1-2H3. The molecule has 1 aromatic heterocycles. The molecule has 0 saturated heterocycles. The van der Waals surface area contributed by atoms with Crippen molar-refractivity contribution in [2.75, 3.05) is 7.11 Å². The van der Waals surface area contributed by atoms with Crippen LogP contribution in [-0.4, -0.2) is 28.9 Å². The number of carbonyl (C=O) groups is 2. The van der Waals surface area contributed by atoms with Crippen LogP contribution >= 0.6 is 15.9 Å². The first-order valence-corrected chi connectivity index (χ1v) is 8.78. The Bertz CT molecular complexity index is 920. The molecule has 0 saturated carbocycles. The number of pyridine rings is 1. The molecular weight excluding hydrogens is 396 g/mol. The number of hydrogen-bond acceptors (Lipinski definition) is 4. The number of hydrogen-bond donors (Lipinski definition) is 0. The van der Waals surface area contributed by atoms with Gasteiger partial charge in [-0.25, -0.2) is 4.79 Å². The Balaban J connectivity index is 2.03. The summed E-state index contributed by atoms with van der Waals surface area (Å²) in [7, 11) is 1.31. The Kier molecular flexibility index (Phi) is 5.32. The fourth-order valence-electron chi connectivity index (χ4n) is 2.86. The highest BCUT2D eigenvalue weighted by atomic mass is 79.9. The Morgan fingerprint density at radius 2 is 2.12 bits per heavy atom. The molecule has 0 bridgehead atoms. The fourth-order valence-corrected chi connectivity index (χ4v) is 3.27. The van der Waals surface area contributed by atoms with Crippen LogP contribution in [0, 0.1) is 0 Å². The molecule has 0 radical (unpaired) electrons. The van der Waals surface area contributed by atoms with Crippen LogP contribution in [0.1, 0.15) is 18.1 Å². The number of halogens is 1. The third-order valence-corrected chi connectivity index (χ3v) is 4.62. The second kappa shape index (κ2) is 7.66. The molecule has 1 aliphatic heterocycles. The molecule has 2 heterocycles. The van der Waals surface area contributed by atoms with Crippen molar-refractivity contribution < 1.29 is 14.3 Å². The maximum Gasteiger partial charge on any atom is 0.340 e. The summed E-state index contributed by atoms with van der Waals surface area (Å²) in [5.74, 6) is -0.752. The predicted octanol–water partition coefficient (Wildman–Crippen LogP) is 3.72. The van der Waals surface area contributed by atoms with Crippen molar-refractivity contribution in [3.63, 3.8) is 0 Å². The van der Waals surface area contributed by atoms with Crippen LogP contribution < -0.4 is 0 Å². The minimum atomic E-state index is -0.522. The van der Waals surface area contributed by atoms with Crippen LogP contribution in [0.3, 0.4) is 0 Å². The predicted molar refractivity (Wildman–Crippen MR) is 102 cm³/mol. The van der Waals surface area contributed by atoms with Crippen molar-refractivity contribution in [3.05, 3.63) is 81.2 Å². The summed E-state index contributed by atoms with van der Waals surface area (Å²) in [4.78, 5) is 31.0. The number of rotatable bonds is 4. The van der Waals surface area contributed by atoms with Crippen LogP contribution in [0.25, 0.3) is 6.08 Å². The molecule has 1 aromatic carbocycles. The normalized spacial score (nSPS) is 15.7. The Labute approximate surface area is 160 Å². The lowest BCUT2D eigenvalue weighted by atomic mass is 10.0. The van der Waals surface area contributed by atoms with Crippen molar-refractivity contribution in [2.24, 2.45) is 0 Å². The van der Waals surface area contributed by atoms with Crippen molar-refractivity contribution in [2.45, 2.75) is 13.5 Å². The molecular formula is C20H17BrN2O3. The molecule has 0 atom stereocenters. The van der Waals surface area contributed by atoms with Crippen LogP contribution in [0.15, 0.2) is 70.1 Å². The van der Waals surface area contributed by atoms with Gasteiger partial charge in [-0.3, -0.25) is 9.78 Å². The van der Waals surface area contributed by atoms with Crippen LogP contribution in [-0.2, 0) is 20.9 Å². The van der Waals surface area contributed by atoms with Gasteiger partial charge in [-0.2, -0.15) is 0 Å². The van der Waals surface area contributed by atoms with E-state index >= 15 is 0 Å². The van der Waals surface area contributed by atoms with E-state index in [4.69, 9.17) is 4.74 Å². The first kappa shape index (κ1) is 18.1. The minimum absolute atomic E-state index is 0.230. The number of methoxy groups -OCH3 is 1. The van der Waals surface area contributed by atoms with Crippen molar-refractivity contribution in [1.29, 1.82) is 0 Å². The number of nitrogens with zero attached hydrogens (tertiary/aromatic N) is 2. The SMILES string of the molecule is COC(=O)C1=C(C)N(Cc2cccnc2)C(=O)C1=Cc1cccc(Br)c1. The van der Waals surface area contributed by atoms with E-state index in [1.165, 1.54) is 7.11 Å². The number of allylic oxidation sites excluding steroid dienone is 1. The van der Waals surface area contributed by atoms with E-state index in [9.17, 15) is 9.59 Å². The summed E-state index contributed by atoms with van der Waals surface area (Å²) in [6.45, 7) is 2.09. The molecule has 2 aromatic rings. The Morgan fingerprint density at radius 3 is 2.77 bits per heavy atom. The van der Waals surface area contributed by atoms with E-state index in [0.29, 0.717) is 23.4 Å². The highest BCUT2D eigenvalue weighted by Gasteiger charge is 2.36. The molecule has 1 aliphatic rings. The zero-order valence-corrected chi connectivity index (χ0v) is 16.0.